The predicted octanol–water partition coefficient (Wildman–Crippen LogP) is 4.23. The van der Waals surface area contributed by atoms with Gasteiger partial charge in [0.2, 0.25) is 0 Å². The number of methoxy groups -OCH3 is 2. The smallest absolute Gasteiger partial charge is 0.261 e. The lowest BCUT2D eigenvalue weighted by molar-refractivity contribution is -0.128. The van der Waals surface area contributed by atoms with Crippen molar-refractivity contribution in [2.45, 2.75) is 46.1 Å². The highest BCUT2D eigenvalue weighted by molar-refractivity contribution is 5.81. The summed E-state index contributed by atoms with van der Waals surface area (Å²) < 4.78 is 16.6. The highest BCUT2D eigenvalue weighted by Gasteiger charge is 2.19. The number of hydrogen-bond donors (Lipinski definition) is 1. The Hall–Kier alpha value is -2.69. The van der Waals surface area contributed by atoms with E-state index >= 15 is 0 Å². The molecular weight excluding hydrogens is 354 g/mol. The molecule has 0 aliphatic rings. The summed E-state index contributed by atoms with van der Waals surface area (Å²) in [5, 5.41) is 2.99. The Morgan fingerprint density at radius 1 is 1.04 bits per heavy atom. The van der Waals surface area contributed by atoms with E-state index in [1.54, 1.807) is 14.2 Å². The number of hydrogen-bond acceptors (Lipinski definition) is 4. The first-order chi connectivity index (χ1) is 13.5. The molecule has 0 spiro atoms. The quantitative estimate of drug-likeness (QED) is 0.622. The van der Waals surface area contributed by atoms with E-state index in [4.69, 9.17) is 14.2 Å². The van der Waals surface area contributed by atoms with Gasteiger partial charge in [-0.1, -0.05) is 25.1 Å². The van der Waals surface area contributed by atoms with Gasteiger partial charge in [-0.15, -0.1) is 0 Å². The van der Waals surface area contributed by atoms with Crippen molar-refractivity contribution in [3.8, 4) is 17.2 Å². The molecule has 0 bridgehead atoms. The molecule has 0 aromatic heterocycles. The fourth-order valence-electron chi connectivity index (χ4n) is 2.98. The van der Waals surface area contributed by atoms with Crippen LogP contribution < -0.4 is 19.5 Å². The van der Waals surface area contributed by atoms with Crippen molar-refractivity contribution in [1.29, 1.82) is 0 Å². The Morgan fingerprint density at radius 3 is 2.46 bits per heavy atom. The van der Waals surface area contributed by atoms with Gasteiger partial charge in [0.15, 0.2) is 17.6 Å². The molecule has 0 saturated heterocycles. The number of nitrogens with one attached hydrogen (secondary N) is 1. The van der Waals surface area contributed by atoms with E-state index < -0.39 is 6.10 Å². The summed E-state index contributed by atoms with van der Waals surface area (Å²) in [6.45, 7) is 6.61. The zero-order chi connectivity index (χ0) is 20.5. The molecular formula is C23H31NO4. The standard InChI is InChI=1S/C23H31NO4/c1-6-19(28-20-11-7-9-16(2)17(20)3)23(25)24-14-8-10-18-12-13-21(26-4)22(15-18)27-5/h7,9,11-13,15,19H,6,8,10,14H2,1-5H3,(H,24,25)/t19-/m1/s1. The lowest BCUT2D eigenvalue weighted by atomic mass is 10.1. The summed E-state index contributed by atoms with van der Waals surface area (Å²) in [6, 6.07) is 11.8. The van der Waals surface area contributed by atoms with Crippen molar-refractivity contribution in [3.63, 3.8) is 0 Å². The topological polar surface area (TPSA) is 56.8 Å². The van der Waals surface area contributed by atoms with E-state index in [-0.39, 0.29) is 5.91 Å². The average Bonchev–Trinajstić information content (AvgIpc) is 2.71. The summed E-state index contributed by atoms with van der Waals surface area (Å²) in [6.07, 6.45) is 1.81. The first-order valence-electron chi connectivity index (χ1n) is 9.71. The highest BCUT2D eigenvalue weighted by atomic mass is 16.5. The number of ether oxygens (including phenoxy) is 3. The molecule has 5 heteroatoms. The predicted molar refractivity (Wildman–Crippen MR) is 111 cm³/mol. The third kappa shape index (κ3) is 5.65. The first kappa shape index (κ1) is 21.6. The molecule has 2 aromatic carbocycles. The second-order valence-electron chi connectivity index (χ2n) is 6.80. The molecule has 1 atom stereocenters. The van der Waals surface area contributed by atoms with Gasteiger partial charge in [-0.25, -0.2) is 0 Å². The summed E-state index contributed by atoms with van der Waals surface area (Å²) in [7, 11) is 3.25. The van der Waals surface area contributed by atoms with E-state index in [0.717, 1.165) is 41.0 Å². The van der Waals surface area contributed by atoms with Crippen LogP contribution in [-0.4, -0.2) is 32.8 Å². The van der Waals surface area contributed by atoms with Crippen LogP contribution in [0.15, 0.2) is 36.4 Å². The van der Waals surface area contributed by atoms with Crippen molar-refractivity contribution >= 4 is 5.91 Å². The van der Waals surface area contributed by atoms with Gasteiger partial charge in [-0.3, -0.25) is 4.79 Å². The van der Waals surface area contributed by atoms with Crippen LogP contribution >= 0.6 is 0 Å². The summed E-state index contributed by atoms with van der Waals surface area (Å²) >= 11 is 0. The minimum absolute atomic E-state index is 0.0734. The van der Waals surface area contributed by atoms with Gasteiger partial charge in [-0.2, -0.15) is 0 Å². The number of carbonyl (C=O) groups is 1. The Balaban J connectivity index is 1.84. The molecule has 5 nitrogen and oxygen atoms in total. The maximum Gasteiger partial charge on any atom is 0.261 e. The highest BCUT2D eigenvalue weighted by Crippen LogP contribution is 2.28. The molecule has 2 rings (SSSR count). The molecule has 0 heterocycles. The molecule has 0 unspecified atom stereocenters. The average molecular weight is 386 g/mol. The summed E-state index contributed by atoms with van der Waals surface area (Å²) in [4.78, 5) is 12.5. The van der Waals surface area contributed by atoms with Crippen molar-refractivity contribution in [2.75, 3.05) is 20.8 Å². The van der Waals surface area contributed by atoms with Gasteiger partial charge in [0.1, 0.15) is 5.75 Å². The van der Waals surface area contributed by atoms with Gasteiger partial charge in [-0.05, 0) is 68.0 Å². The molecule has 1 amide bonds. The van der Waals surface area contributed by atoms with Crippen LogP contribution in [0.2, 0.25) is 0 Å². The van der Waals surface area contributed by atoms with E-state index in [1.807, 2.05) is 57.2 Å². The minimum atomic E-state index is -0.485. The van der Waals surface area contributed by atoms with E-state index in [1.165, 1.54) is 0 Å². The molecule has 2 aromatic rings. The van der Waals surface area contributed by atoms with Crippen molar-refractivity contribution in [2.24, 2.45) is 0 Å². The Labute approximate surface area is 168 Å². The van der Waals surface area contributed by atoms with Crippen LogP contribution in [0.4, 0.5) is 0 Å². The van der Waals surface area contributed by atoms with Gasteiger partial charge < -0.3 is 19.5 Å². The minimum Gasteiger partial charge on any atom is -0.493 e. The summed E-state index contributed by atoms with van der Waals surface area (Å²) in [5.74, 6) is 2.13. The van der Waals surface area contributed by atoms with Crippen LogP contribution in [-0.2, 0) is 11.2 Å². The molecule has 0 fully saturated rings. The third-order valence-electron chi connectivity index (χ3n) is 4.88. The lowest BCUT2D eigenvalue weighted by Crippen LogP contribution is -2.38. The Bertz CT molecular complexity index is 788. The monoisotopic (exact) mass is 385 g/mol. The number of amides is 1. The van der Waals surface area contributed by atoms with Crippen molar-refractivity contribution in [1.82, 2.24) is 5.32 Å². The van der Waals surface area contributed by atoms with Gasteiger partial charge in [0.05, 0.1) is 14.2 Å². The molecule has 0 aliphatic heterocycles. The first-order valence-corrected chi connectivity index (χ1v) is 9.71. The second-order valence-corrected chi connectivity index (χ2v) is 6.80. The van der Waals surface area contributed by atoms with Crippen LogP contribution in [0, 0.1) is 13.8 Å². The number of rotatable bonds is 10. The van der Waals surface area contributed by atoms with Crippen LogP contribution in [0.3, 0.4) is 0 Å². The largest absolute Gasteiger partial charge is 0.493 e. The van der Waals surface area contributed by atoms with Gasteiger partial charge in [0, 0.05) is 6.54 Å². The number of carbonyl (C=O) groups excluding carboxylic acids is 1. The molecule has 0 saturated carbocycles. The Kier molecular flexibility index (Phi) is 8.18. The Morgan fingerprint density at radius 2 is 1.79 bits per heavy atom. The SMILES string of the molecule is CC[C@@H](Oc1cccc(C)c1C)C(=O)NCCCc1ccc(OC)c(OC)c1. The maximum absolute atomic E-state index is 12.5. The van der Waals surface area contributed by atoms with Crippen molar-refractivity contribution < 1.29 is 19.0 Å². The summed E-state index contributed by atoms with van der Waals surface area (Å²) in [5.41, 5.74) is 3.37. The molecule has 0 aliphatic carbocycles. The fraction of sp³-hybridized carbons (Fsp3) is 0.435. The molecule has 0 radical (unpaired) electrons. The molecule has 152 valence electrons. The van der Waals surface area contributed by atoms with Crippen LogP contribution in [0.25, 0.3) is 0 Å². The fourth-order valence-corrected chi connectivity index (χ4v) is 2.98. The van der Waals surface area contributed by atoms with Gasteiger partial charge in [0.25, 0.3) is 5.91 Å². The van der Waals surface area contributed by atoms with Gasteiger partial charge >= 0.3 is 0 Å². The normalized spacial score (nSPS) is 11.6. The maximum atomic E-state index is 12.5. The van der Waals surface area contributed by atoms with Crippen LogP contribution in [0.5, 0.6) is 17.2 Å². The number of aryl methyl sites for hydroxylation is 2. The molecule has 28 heavy (non-hydrogen) atoms. The number of benzene rings is 2. The van der Waals surface area contributed by atoms with E-state index in [9.17, 15) is 4.79 Å². The third-order valence-corrected chi connectivity index (χ3v) is 4.88. The lowest BCUT2D eigenvalue weighted by Gasteiger charge is -2.19. The molecule has 1 N–H and O–H groups in total. The zero-order valence-electron chi connectivity index (χ0n) is 17.5. The zero-order valence-corrected chi connectivity index (χ0v) is 17.5. The van der Waals surface area contributed by atoms with E-state index in [2.05, 4.69) is 5.32 Å². The second kappa shape index (κ2) is 10.6. The van der Waals surface area contributed by atoms with E-state index in [0.29, 0.717) is 18.7 Å². The van der Waals surface area contributed by atoms with Crippen LogP contribution in [0.1, 0.15) is 36.5 Å². The van der Waals surface area contributed by atoms with Crippen molar-refractivity contribution in [3.05, 3.63) is 53.1 Å².